The van der Waals surface area contributed by atoms with Crippen LogP contribution in [0.4, 0.5) is 14.4 Å². The van der Waals surface area contributed by atoms with Crippen molar-refractivity contribution in [3.05, 3.63) is 71.8 Å². The molecule has 0 spiro atoms. The SMILES string of the molecule is O=C(NS(=O)(=O)N1C(=O)OC[C@@H]1Cc1ccccc1)N1C(=O)OC[C@@H]1Cc1ccccc1. The second-order valence-corrected chi connectivity index (χ2v) is 8.97. The van der Waals surface area contributed by atoms with Crippen LogP contribution < -0.4 is 4.72 Å². The molecule has 0 aromatic heterocycles. The molecule has 2 aromatic rings. The minimum Gasteiger partial charge on any atom is -0.447 e. The fourth-order valence-electron chi connectivity index (χ4n) is 3.72. The topological polar surface area (TPSA) is 122 Å². The highest BCUT2D eigenvalue weighted by molar-refractivity contribution is 7.88. The van der Waals surface area contributed by atoms with E-state index >= 15 is 0 Å². The molecule has 168 valence electrons. The molecule has 2 atom stereocenters. The van der Waals surface area contributed by atoms with E-state index < -0.39 is 40.5 Å². The first-order valence-corrected chi connectivity index (χ1v) is 11.4. The summed E-state index contributed by atoms with van der Waals surface area (Å²) in [6, 6.07) is 15.4. The molecule has 2 fully saturated rings. The van der Waals surface area contributed by atoms with Crippen molar-refractivity contribution in [3.8, 4) is 0 Å². The van der Waals surface area contributed by atoms with Crippen LogP contribution in [0.5, 0.6) is 0 Å². The largest absolute Gasteiger partial charge is 0.447 e. The molecule has 4 amide bonds. The lowest BCUT2D eigenvalue weighted by Crippen LogP contribution is -2.54. The first kappa shape index (κ1) is 21.6. The highest BCUT2D eigenvalue weighted by Crippen LogP contribution is 2.22. The number of rotatable bonds is 6. The number of benzene rings is 2. The van der Waals surface area contributed by atoms with Gasteiger partial charge in [0, 0.05) is 0 Å². The van der Waals surface area contributed by atoms with E-state index in [9.17, 15) is 22.8 Å². The van der Waals surface area contributed by atoms with Gasteiger partial charge in [-0.05, 0) is 24.0 Å². The maximum absolute atomic E-state index is 12.9. The van der Waals surface area contributed by atoms with Gasteiger partial charge >= 0.3 is 28.4 Å². The Labute approximate surface area is 184 Å². The predicted octanol–water partition coefficient (Wildman–Crippen LogP) is 2.07. The molecule has 2 aliphatic rings. The zero-order chi connectivity index (χ0) is 22.7. The molecule has 2 heterocycles. The second kappa shape index (κ2) is 8.87. The molecule has 1 N–H and O–H groups in total. The van der Waals surface area contributed by atoms with Gasteiger partial charge in [0.05, 0.1) is 12.1 Å². The van der Waals surface area contributed by atoms with Crippen LogP contribution in [0, 0.1) is 0 Å². The van der Waals surface area contributed by atoms with Crippen LogP contribution in [-0.2, 0) is 32.5 Å². The summed E-state index contributed by atoms with van der Waals surface area (Å²) in [6.45, 7) is -0.213. The zero-order valence-corrected chi connectivity index (χ0v) is 17.7. The Hall–Kier alpha value is -3.60. The third kappa shape index (κ3) is 4.52. The summed E-state index contributed by atoms with van der Waals surface area (Å²) in [5.41, 5.74) is 1.65. The highest BCUT2D eigenvalue weighted by Gasteiger charge is 2.45. The summed E-state index contributed by atoms with van der Waals surface area (Å²) in [7, 11) is -4.63. The van der Waals surface area contributed by atoms with Crippen LogP contribution >= 0.6 is 0 Å². The van der Waals surface area contributed by atoms with E-state index in [4.69, 9.17) is 9.47 Å². The summed E-state index contributed by atoms with van der Waals surface area (Å²) in [5.74, 6) is 0. The van der Waals surface area contributed by atoms with Gasteiger partial charge in [-0.15, -0.1) is 0 Å². The molecule has 4 rings (SSSR count). The van der Waals surface area contributed by atoms with Gasteiger partial charge in [0.2, 0.25) is 0 Å². The summed E-state index contributed by atoms with van der Waals surface area (Å²) >= 11 is 0. The Balaban J connectivity index is 1.49. The van der Waals surface area contributed by atoms with E-state index in [0.29, 0.717) is 10.7 Å². The van der Waals surface area contributed by atoms with Crippen molar-refractivity contribution in [1.29, 1.82) is 0 Å². The lowest BCUT2D eigenvalue weighted by Gasteiger charge is -2.24. The van der Waals surface area contributed by atoms with Crippen LogP contribution in [0.25, 0.3) is 0 Å². The standard InChI is InChI=1S/C21H21N3O7S/c25-19(23-17(13-30-20(23)26)11-15-7-3-1-4-8-15)22-32(28,29)24-18(14-31-21(24)27)12-16-9-5-2-6-10-16/h1-10,17-18H,11-14H2,(H,22,25)/t17-,18-/m0/s1. The van der Waals surface area contributed by atoms with Crippen molar-refractivity contribution in [2.75, 3.05) is 13.2 Å². The Bertz CT molecular complexity index is 1110. The molecule has 0 saturated carbocycles. The molecule has 0 unspecified atom stereocenters. The molecular formula is C21H21N3O7S. The number of nitrogens with one attached hydrogen (secondary N) is 1. The van der Waals surface area contributed by atoms with Gasteiger partial charge in [-0.2, -0.15) is 12.7 Å². The van der Waals surface area contributed by atoms with Crippen LogP contribution in [0.2, 0.25) is 0 Å². The predicted molar refractivity (Wildman–Crippen MR) is 112 cm³/mol. The Kier molecular flexibility index (Phi) is 5.99. The first-order valence-electron chi connectivity index (χ1n) is 9.92. The molecule has 10 nitrogen and oxygen atoms in total. The normalized spacial score (nSPS) is 20.8. The van der Waals surface area contributed by atoms with E-state index in [1.54, 1.807) is 24.3 Å². The van der Waals surface area contributed by atoms with E-state index in [-0.39, 0.29) is 19.6 Å². The summed E-state index contributed by atoms with van der Waals surface area (Å²) < 4.78 is 38.0. The number of carbonyl (C=O) groups excluding carboxylic acids is 3. The average molecular weight is 459 g/mol. The molecule has 0 bridgehead atoms. The van der Waals surface area contributed by atoms with Gasteiger partial charge in [0.1, 0.15) is 13.2 Å². The van der Waals surface area contributed by atoms with Crippen molar-refractivity contribution in [2.45, 2.75) is 24.9 Å². The van der Waals surface area contributed by atoms with E-state index in [2.05, 4.69) is 0 Å². The third-order valence-corrected chi connectivity index (χ3v) is 6.59. The monoisotopic (exact) mass is 459 g/mol. The first-order chi connectivity index (χ1) is 15.3. The second-order valence-electron chi connectivity index (χ2n) is 7.42. The molecule has 2 saturated heterocycles. The number of amides is 4. The summed E-state index contributed by atoms with van der Waals surface area (Å²) in [5, 5.41) is 0. The van der Waals surface area contributed by atoms with Crippen LogP contribution in [0.3, 0.4) is 0 Å². The lowest BCUT2D eigenvalue weighted by atomic mass is 10.1. The molecule has 0 radical (unpaired) electrons. The number of ether oxygens (including phenoxy) is 2. The van der Waals surface area contributed by atoms with Crippen LogP contribution in [0.15, 0.2) is 60.7 Å². The van der Waals surface area contributed by atoms with Gasteiger partial charge in [-0.25, -0.2) is 24.0 Å². The van der Waals surface area contributed by atoms with Crippen molar-refractivity contribution < 1.29 is 32.3 Å². The Morgan fingerprint density at radius 1 is 0.844 bits per heavy atom. The fourth-order valence-corrected chi connectivity index (χ4v) is 4.92. The molecule has 2 aliphatic heterocycles. The highest BCUT2D eigenvalue weighted by atomic mass is 32.2. The maximum atomic E-state index is 12.9. The number of urea groups is 1. The van der Waals surface area contributed by atoms with E-state index in [1.165, 1.54) is 0 Å². The van der Waals surface area contributed by atoms with Crippen molar-refractivity contribution in [1.82, 2.24) is 13.9 Å². The number of nitrogens with zero attached hydrogens (tertiary/aromatic N) is 2. The van der Waals surface area contributed by atoms with Gasteiger partial charge in [-0.3, -0.25) is 0 Å². The van der Waals surface area contributed by atoms with Crippen LogP contribution in [-0.4, -0.2) is 61.1 Å². The number of hydrogen-bond acceptors (Lipinski definition) is 7. The minimum absolute atomic E-state index is 0.0659. The zero-order valence-electron chi connectivity index (χ0n) is 16.9. The third-order valence-electron chi connectivity index (χ3n) is 5.19. The van der Waals surface area contributed by atoms with E-state index in [1.807, 2.05) is 41.1 Å². The number of carbonyl (C=O) groups is 3. The molecule has 11 heteroatoms. The Morgan fingerprint density at radius 2 is 1.34 bits per heavy atom. The van der Waals surface area contributed by atoms with E-state index in [0.717, 1.165) is 16.0 Å². The molecule has 32 heavy (non-hydrogen) atoms. The summed E-state index contributed by atoms with van der Waals surface area (Å²) in [4.78, 5) is 37.8. The van der Waals surface area contributed by atoms with Gasteiger partial charge in [0.25, 0.3) is 0 Å². The van der Waals surface area contributed by atoms with Crippen LogP contribution in [0.1, 0.15) is 11.1 Å². The lowest BCUT2D eigenvalue weighted by molar-refractivity contribution is 0.159. The quantitative estimate of drug-likeness (QED) is 0.702. The van der Waals surface area contributed by atoms with Gasteiger partial charge in [-0.1, -0.05) is 60.7 Å². The smallest absolute Gasteiger partial charge is 0.425 e. The average Bonchev–Trinajstić information content (AvgIpc) is 3.31. The maximum Gasteiger partial charge on any atom is 0.425 e. The van der Waals surface area contributed by atoms with Crippen molar-refractivity contribution >= 4 is 28.4 Å². The van der Waals surface area contributed by atoms with Crippen molar-refractivity contribution in [3.63, 3.8) is 0 Å². The fraction of sp³-hybridized carbons (Fsp3) is 0.286. The molecule has 0 aliphatic carbocycles. The number of imide groups is 1. The van der Waals surface area contributed by atoms with Gasteiger partial charge < -0.3 is 9.47 Å². The number of hydrogen-bond donors (Lipinski definition) is 1. The minimum atomic E-state index is -4.63. The molecular weight excluding hydrogens is 438 g/mol. The van der Waals surface area contributed by atoms with Gasteiger partial charge in [0.15, 0.2) is 0 Å². The summed E-state index contributed by atoms with van der Waals surface area (Å²) in [6.07, 6.45) is -1.54. The molecule has 2 aromatic carbocycles. The Morgan fingerprint density at radius 3 is 1.94 bits per heavy atom. The van der Waals surface area contributed by atoms with Crippen molar-refractivity contribution in [2.24, 2.45) is 0 Å². The number of cyclic esters (lactones) is 2.